The number of pyridine rings is 1. The van der Waals surface area contributed by atoms with E-state index in [1.165, 1.54) is 5.69 Å². The minimum Gasteiger partial charge on any atom is -0.370 e. The maximum Gasteiger partial charge on any atom is 0.186 e. The minimum absolute atomic E-state index is 0.755. The van der Waals surface area contributed by atoms with Gasteiger partial charge in [0.15, 0.2) is 5.13 Å². The Morgan fingerprint density at radius 3 is 2.53 bits per heavy atom. The molecule has 1 fully saturated rings. The van der Waals surface area contributed by atoms with Crippen LogP contribution in [0.15, 0.2) is 30.7 Å². The van der Waals surface area contributed by atoms with Crippen LogP contribution >= 0.6 is 22.9 Å². The second-order valence-electron chi connectivity index (χ2n) is 4.48. The number of aromatic nitrogens is 2. The van der Waals surface area contributed by atoms with Crippen molar-refractivity contribution in [2.24, 2.45) is 0 Å². The third-order valence-electron chi connectivity index (χ3n) is 3.26. The van der Waals surface area contributed by atoms with Gasteiger partial charge in [0.1, 0.15) is 4.34 Å². The molecule has 3 heterocycles. The van der Waals surface area contributed by atoms with Crippen molar-refractivity contribution in [2.45, 2.75) is 6.42 Å². The van der Waals surface area contributed by atoms with Gasteiger partial charge in [-0.3, -0.25) is 4.98 Å². The van der Waals surface area contributed by atoms with Gasteiger partial charge < -0.3 is 9.80 Å². The van der Waals surface area contributed by atoms with Crippen LogP contribution in [0.5, 0.6) is 0 Å². The summed E-state index contributed by atoms with van der Waals surface area (Å²) in [5.41, 5.74) is 1.24. The quantitative estimate of drug-likeness (QED) is 0.852. The molecule has 1 saturated heterocycles. The van der Waals surface area contributed by atoms with E-state index in [2.05, 4.69) is 31.9 Å². The summed E-state index contributed by atoms with van der Waals surface area (Å²) in [6.07, 6.45) is 6.55. The molecule has 0 N–H and O–H groups in total. The Bertz CT molecular complexity index is 530. The van der Waals surface area contributed by atoms with Crippen LogP contribution in [0, 0.1) is 0 Å². The van der Waals surface area contributed by atoms with Crippen LogP contribution in [-0.4, -0.2) is 36.1 Å². The molecular weight excluding hydrogens is 280 g/mol. The molecule has 1 aliphatic rings. The molecule has 0 atom stereocenters. The van der Waals surface area contributed by atoms with Crippen LogP contribution in [0.3, 0.4) is 0 Å². The fourth-order valence-corrected chi connectivity index (χ4v) is 3.27. The van der Waals surface area contributed by atoms with Crippen molar-refractivity contribution in [1.82, 2.24) is 9.97 Å². The van der Waals surface area contributed by atoms with Crippen molar-refractivity contribution in [2.75, 3.05) is 36.0 Å². The van der Waals surface area contributed by atoms with E-state index < -0.39 is 0 Å². The van der Waals surface area contributed by atoms with E-state index in [1.54, 1.807) is 17.5 Å². The highest BCUT2D eigenvalue weighted by molar-refractivity contribution is 7.19. The number of anilines is 2. The predicted molar refractivity (Wildman–Crippen MR) is 80.4 cm³/mol. The van der Waals surface area contributed by atoms with Crippen molar-refractivity contribution in [3.05, 3.63) is 35.1 Å². The van der Waals surface area contributed by atoms with E-state index in [-0.39, 0.29) is 0 Å². The molecule has 6 heteroatoms. The fourth-order valence-electron chi connectivity index (χ4n) is 2.31. The lowest BCUT2D eigenvalue weighted by Gasteiger charge is -2.23. The lowest BCUT2D eigenvalue weighted by Crippen LogP contribution is -2.30. The van der Waals surface area contributed by atoms with Crippen LogP contribution < -0.4 is 9.80 Å². The molecule has 1 aliphatic heterocycles. The molecule has 3 rings (SSSR count). The summed E-state index contributed by atoms with van der Waals surface area (Å²) in [4.78, 5) is 13.1. The van der Waals surface area contributed by atoms with E-state index in [0.717, 1.165) is 42.1 Å². The summed E-state index contributed by atoms with van der Waals surface area (Å²) in [7, 11) is 0. The van der Waals surface area contributed by atoms with Crippen LogP contribution in [-0.2, 0) is 0 Å². The highest BCUT2D eigenvalue weighted by Crippen LogP contribution is 2.27. The Morgan fingerprint density at radius 1 is 1.05 bits per heavy atom. The van der Waals surface area contributed by atoms with E-state index in [9.17, 15) is 0 Å². The van der Waals surface area contributed by atoms with Gasteiger partial charge in [-0.2, -0.15) is 0 Å². The molecule has 2 aromatic rings. The topological polar surface area (TPSA) is 32.3 Å². The van der Waals surface area contributed by atoms with Crippen LogP contribution in [0.1, 0.15) is 6.42 Å². The molecule has 19 heavy (non-hydrogen) atoms. The maximum atomic E-state index is 5.96. The van der Waals surface area contributed by atoms with Crippen LogP contribution in [0.2, 0.25) is 4.34 Å². The van der Waals surface area contributed by atoms with E-state index in [1.807, 2.05) is 12.4 Å². The lowest BCUT2D eigenvalue weighted by molar-refractivity contribution is 0.804. The highest BCUT2D eigenvalue weighted by atomic mass is 35.5. The normalized spacial score (nSPS) is 16.5. The molecular formula is C13H15ClN4S. The summed E-state index contributed by atoms with van der Waals surface area (Å²) >= 11 is 7.51. The average Bonchev–Trinajstić information content (AvgIpc) is 2.74. The highest BCUT2D eigenvalue weighted by Gasteiger charge is 2.17. The molecule has 100 valence electrons. The number of hydrogen-bond acceptors (Lipinski definition) is 5. The maximum absolute atomic E-state index is 5.96. The summed E-state index contributed by atoms with van der Waals surface area (Å²) in [6, 6.07) is 4.13. The molecule has 0 radical (unpaired) electrons. The first kappa shape index (κ1) is 12.7. The molecule has 0 spiro atoms. The van der Waals surface area contributed by atoms with Crippen LogP contribution in [0.4, 0.5) is 10.8 Å². The summed E-state index contributed by atoms with van der Waals surface area (Å²) in [6.45, 7) is 4.08. The first-order chi connectivity index (χ1) is 9.33. The van der Waals surface area contributed by atoms with Gasteiger partial charge in [0, 0.05) is 44.3 Å². The fraction of sp³-hybridized carbons (Fsp3) is 0.385. The summed E-state index contributed by atoms with van der Waals surface area (Å²) in [5.74, 6) is 0. The van der Waals surface area contributed by atoms with Gasteiger partial charge in [-0.05, 0) is 18.6 Å². The van der Waals surface area contributed by atoms with E-state index in [0.29, 0.717) is 0 Å². The molecule has 0 bridgehead atoms. The smallest absolute Gasteiger partial charge is 0.186 e. The number of halogens is 1. The monoisotopic (exact) mass is 294 g/mol. The molecule has 0 aliphatic carbocycles. The Kier molecular flexibility index (Phi) is 3.84. The van der Waals surface area contributed by atoms with Crippen LogP contribution in [0.25, 0.3) is 0 Å². The Labute approximate surface area is 121 Å². The molecule has 0 unspecified atom stereocenters. The van der Waals surface area contributed by atoms with Gasteiger partial charge in [-0.25, -0.2) is 4.98 Å². The summed E-state index contributed by atoms with van der Waals surface area (Å²) in [5, 5.41) is 1.03. The number of nitrogens with zero attached hydrogens (tertiary/aromatic N) is 4. The molecule has 0 aromatic carbocycles. The second kappa shape index (κ2) is 5.75. The molecule has 4 nitrogen and oxygen atoms in total. The third kappa shape index (κ3) is 2.98. The molecule has 0 saturated carbocycles. The predicted octanol–water partition coefficient (Wildman–Crippen LogP) is 2.91. The SMILES string of the molecule is Clc1cnc(N2CCCN(c3ccncc3)CC2)s1. The van der Waals surface area contributed by atoms with Crippen molar-refractivity contribution in [3.63, 3.8) is 0 Å². The van der Waals surface area contributed by atoms with Crippen molar-refractivity contribution < 1.29 is 0 Å². The Morgan fingerprint density at radius 2 is 1.79 bits per heavy atom. The van der Waals surface area contributed by atoms with E-state index >= 15 is 0 Å². The largest absolute Gasteiger partial charge is 0.370 e. The first-order valence-corrected chi connectivity index (χ1v) is 7.53. The van der Waals surface area contributed by atoms with Gasteiger partial charge in [0.05, 0.1) is 6.20 Å². The lowest BCUT2D eigenvalue weighted by atomic mass is 10.3. The van der Waals surface area contributed by atoms with E-state index in [4.69, 9.17) is 11.6 Å². The number of thiazole rings is 1. The minimum atomic E-state index is 0.755. The third-order valence-corrected chi connectivity index (χ3v) is 4.44. The average molecular weight is 295 g/mol. The van der Waals surface area contributed by atoms with Crippen molar-refractivity contribution in [3.8, 4) is 0 Å². The first-order valence-electron chi connectivity index (χ1n) is 6.34. The van der Waals surface area contributed by atoms with Gasteiger partial charge >= 0.3 is 0 Å². The zero-order valence-electron chi connectivity index (χ0n) is 10.5. The zero-order chi connectivity index (χ0) is 13.1. The molecule has 2 aromatic heterocycles. The number of hydrogen-bond donors (Lipinski definition) is 0. The summed E-state index contributed by atoms with van der Waals surface area (Å²) < 4.78 is 0.755. The Hall–Kier alpha value is -1.33. The zero-order valence-corrected chi connectivity index (χ0v) is 12.1. The Balaban J connectivity index is 1.69. The van der Waals surface area contributed by atoms with Crippen molar-refractivity contribution in [1.29, 1.82) is 0 Å². The standard InChI is InChI=1S/C13H15ClN4S/c14-12-10-16-13(19-12)18-7-1-6-17(8-9-18)11-2-4-15-5-3-11/h2-5,10H,1,6-9H2. The second-order valence-corrected chi connectivity index (χ2v) is 6.12. The van der Waals surface area contributed by atoms with Gasteiger partial charge in [0.2, 0.25) is 0 Å². The van der Waals surface area contributed by atoms with Gasteiger partial charge in [-0.15, -0.1) is 0 Å². The van der Waals surface area contributed by atoms with Gasteiger partial charge in [-0.1, -0.05) is 22.9 Å². The number of rotatable bonds is 2. The van der Waals surface area contributed by atoms with Crippen molar-refractivity contribution >= 4 is 33.8 Å². The van der Waals surface area contributed by atoms with Gasteiger partial charge in [0.25, 0.3) is 0 Å². The molecule has 0 amide bonds.